The van der Waals surface area contributed by atoms with Crippen molar-refractivity contribution in [1.82, 2.24) is 5.32 Å². The molecule has 3 nitrogen and oxygen atoms in total. The van der Waals surface area contributed by atoms with E-state index in [1.165, 1.54) is 12.0 Å². The molecule has 0 radical (unpaired) electrons. The van der Waals surface area contributed by atoms with Gasteiger partial charge in [-0.3, -0.25) is 4.79 Å². The molecule has 0 bridgehead atoms. The highest BCUT2D eigenvalue weighted by molar-refractivity contribution is 5.79. The zero-order valence-corrected chi connectivity index (χ0v) is 12.3. The molecule has 3 heteroatoms. The molecule has 1 aromatic carbocycles. The lowest BCUT2D eigenvalue weighted by Crippen LogP contribution is -2.40. The van der Waals surface area contributed by atoms with Crippen LogP contribution in [0.5, 0.6) is 0 Å². The number of benzene rings is 1. The fourth-order valence-electron chi connectivity index (χ4n) is 3.12. The Morgan fingerprint density at radius 1 is 1.30 bits per heavy atom. The smallest absolute Gasteiger partial charge is 0.223 e. The number of nitrogens with one attached hydrogen (secondary N) is 1. The maximum atomic E-state index is 12.3. The third-order valence-electron chi connectivity index (χ3n) is 4.50. The van der Waals surface area contributed by atoms with Gasteiger partial charge in [0, 0.05) is 12.5 Å². The summed E-state index contributed by atoms with van der Waals surface area (Å²) >= 11 is 0. The number of amides is 1. The van der Waals surface area contributed by atoms with Crippen molar-refractivity contribution in [3.8, 4) is 0 Å². The van der Waals surface area contributed by atoms with Crippen LogP contribution in [0.1, 0.15) is 44.1 Å². The summed E-state index contributed by atoms with van der Waals surface area (Å²) in [4.78, 5) is 12.3. The first-order valence-corrected chi connectivity index (χ1v) is 7.75. The molecule has 110 valence electrons. The Bertz CT molecular complexity index is 418. The maximum Gasteiger partial charge on any atom is 0.223 e. The first-order chi connectivity index (χ1) is 9.72. The van der Waals surface area contributed by atoms with Gasteiger partial charge in [-0.25, -0.2) is 0 Å². The van der Waals surface area contributed by atoms with Crippen LogP contribution < -0.4 is 11.1 Å². The summed E-state index contributed by atoms with van der Waals surface area (Å²) in [7, 11) is 0. The molecule has 1 aliphatic carbocycles. The van der Waals surface area contributed by atoms with E-state index in [4.69, 9.17) is 5.73 Å². The second-order valence-electron chi connectivity index (χ2n) is 5.94. The summed E-state index contributed by atoms with van der Waals surface area (Å²) in [5.74, 6) is 1.04. The lowest BCUT2D eigenvalue weighted by atomic mass is 9.78. The summed E-state index contributed by atoms with van der Waals surface area (Å²) < 4.78 is 0. The van der Waals surface area contributed by atoms with Gasteiger partial charge in [0.05, 0.1) is 0 Å². The van der Waals surface area contributed by atoms with Gasteiger partial charge in [0.1, 0.15) is 0 Å². The Kier molecular flexibility index (Phi) is 5.60. The van der Waals surface area contributed by atoms with Crippen LogP contribution in [0, 0.1) is 11.8 Å². The topological polar surface area (TPSA) is 55.1 Å². The van der Waals surface area contributed by atoms with Crippen molar-refractivity contribution in [2.24, 2.45) is 17.6 Å². The molecule has 0 spiro atoms. The van der Waals surface area contributed by atoms with E-state index in [0.717, 1.165) is 19.3 Å². The summed E-state index contributed by atoms with van der Waals surface area (Å²) in [6, 6.07) is 10.3. The monoisotopic (exact) mass is 274 g/mol. The van der Waals surface area contributed by atoms with E-state index in [2.05, 4.69) is 24.4 Å². The number of carbonyl (C=O) groups excluding carboxylic acids is 1. The molecule has 3 N–H and O–H groups in total. The van der Waals surface area contributed by atoms with Gasteiger partial charge in [-0.15, -0.1) is 0 Å². The molecule has 0 heterocycles. The lowest BCUT2D eigenvalue weighted by Gasteiger charge is -2.30. The zero-order valence-electron chi connectivity index (χ0n) is 12.3. The minimum Gasteiger partial charge on any atom is -0.355 e. The van der Waals surface area contributed by atoms with Crippen LogP contribution in [0.4, 0.5) is 0 Å². The molecule has 0 aromatic heterocycles. The molecule has 2 rings (SSSR count). The van der Waals surface area contributed by atoms with Gasteiger partial charge >= 0.3 is 0 Å². The van der Waals surface area contributed by atoms with Crippen LogP contribution in [-0.2, 0) is 4.79 Å². The largest absolute Gasteiger partial charge is 0.355 e. The van der Waals surface area contributed by atoms with E-state index in [0.29, 0.717) is 24.9 Å². The molecule has 20 heavy (non-hydrogen) atoms. The standard InChI is InChI=1S/C17H26N2O/c1-13(14-7-3-2-4-8-14)12-19-17(20)16-10-6-5-9-15(16)11-18/h2-4,7-8,13,15-16H,5-6,9-12,18H2,1H3,(H,19,20). The average molecular weight is 274 g/mol. The van der Waals surface area contributed by atoms with Gasteiger partial charge in [0.15, 0.2) is 0 Å². The highest BCUT2D eigenvalue weighted by Gasteiger charge is 2.29. The van der Waals surface area contributed by atoms with E-state index >= 15 is 0 Å². The second kappa shape index (κ2) is 7.44. The van der Waals surface area contributed by atoms with E-state index in [1.54, 1.807) is 0 Å². The minimum absolute atomic E-state index is 0.122. The molecule has 0 saturated heterocycles. The Balaban J connectivity index is 1.85. The van der Waals surface area contributed by atoms with Crippen LogP contribution in [0.3, 0.4) is 0 Å². The van der Waals surface area contributed by atoms with Gasteiger partial charge in [-0.1, -0.05) is 50.1 Å². The molecule has 1 fully saturated rings. The van der Waals surface area contributed by atoms with Crippen molar-refractivity contribution in [3.63, 3.8) is 0 Å². The molecule has 1 aliphatic rings. The van der Waals surface area contributed by atoms with Crippen LogP contribution >= 0.6 is 0 Å². The summed E-state index contributed by atoms with van der Waals surface area (Å²) in [5.41, 5.74) is 7.07. The molecule has 1 aromatic rings. The van der Waals surface area contributed by atoms with Gasteiger partial charge in [-0.05, 0) is 36.8 Å². The molecule has 1 amide bonds. The summed E-state index contributed by atoms with van der Waals surface area (Å²) in [5, 5.41) is 3.12. The van der Waals surface area contributed by atoms with Crippen molar-refractivity contribution >= 4 is 5.91 Å². The van der Waals surface area contributed by atoms with Gasteiger partial charge < -0.3 is 11.1 Å². The molecular formula is C17H26N2O. The number of hydrogen-bond donors (Lipinski definition) is 2. The first-order valence-electron chi connectivity index (χ1n) is 7.75. The van der Waals surface area contributed by atoms with Crippen molar-refractivity contribution in [2.45, 2.75) is 38.5 Å². The van der Waals surface area contributed by atoms with Crippen LogP contribution in [0.15, 0.2) is 30.3 Å². The Hall–Kier alpha value is -1.35. The predicted octanol–water partition coefficient (Wildman–Crippen LogP) is 2.67. The Labute approximate surface area is 121 Å². The summed E-state index contributed by atoms with van der Waals surface area (Å²) in [6.45, 7) is 3.49. The minimum atomic E-state index is 0.122. The van der Waals surface area contributed by atoms with Gasteiger partial charge in [0.2, 0.25) is 5.91 Å². The number of carbonyl (C=O) groups is 1. The predicted molar refractivity (Wildman–Crippen MR) is 82.4 cm³/mol. The molecule has 3 atom stereocenters. The maximum absolute atomic E-state index is 12.3. The lowest BCUT2D eigenvalue weighted by molar-refractivity contribution is -0.127. The second-order valence-corrected chi connectivity index (χ2v) is 5.94. The quantitative estimate of drug-likeness (QED) is 0.867. The summed E-state index contributed by atoms with van der Waals surface area (Å²) in [6.07, 6.45) is 4.46. The normalized spacial score (nSPS) is 24.1. The molecule has 1 saturated carbocycles. The van der Waals surface area contributed by atoms with Crippen LogP contribution in [-0.4, -0.2) is 19.0 Å². The van der Waals surface area contributed by atoms with E-state index in [9.17, 15) is 4.79 Å². The fraction of sp³-hybridized carbons (Fsp3) is 0.588. The van der Waals surface area contributed by atoms with Crippen molar-refractivity contribution in [1.29, 1.82) is 0 Å². The van der Waals surface area contributed by atoms with E-state index in [1.807, 2.05) is 18.2 Å². The molecule has 3 unspecified atom stereocenters. The number of nitrogens with two attached hydrogens (primary N) is 1. The average Bonchev–Trinajstić information content (AvgIpc) is 2.53. The first kappa shape index (κ1) is 15.0. The Morgan fingerprint density at radius 2 is 2.00 bits per heavy atom. The zero-order chi connectivity index (χ0) is 14.4. The molecule has 0 aliphatic heterocycles. The van der Waals surface area contributed by atoms with E-state index < -0.39 is 0 Å². The SMILES string of the molecule is CC(CNC(=O)C1CCCCC1CN)c1ccccc1. The number of hydrogen-bond acceptors (Lipinski definition) is 2. The van der Waals surface area contributed by atoms with Gasteiger partial charge in [0.25, 0.3) is 0 Å². The van der Waals surface area contributed by atoms with Crippen LogP contribution in [0.2, 0.25) is 0 Å². The number of rotatable bonds is 5. The van der Waals surface area contributed by atoms with Crippen molar-refractivity contribution in [3.05, 3.63) is 35.9 Å². The highest BCUT2D eigenvalue weighted by atomic mass is 16.1. The molecular weight excluding hydrogens is 248 g/mol. The van der Waals surface area contributed by atoms with Crippen LogP contribution in [0.25, 0.3) is 0 Å². The van der Waals surface area contributed by atoms with Gasteiger partial charge in [-0.2, -0.15) is 0 Å². The van der Waals surface area contributed by atoms with Crippen molar-refractivity contribution in [2.75, 3.05) is 13.1 Å². The van der Waals surface area contributed by atoms with Crippen molar-refractivity contribution < 1.29 is 4.79 Å². The third-order valence-corrected chi connectivity index (χ3v) is 4.50. The fourth-order valence-corrected chi connectivity index (χ4v) is 3.12. The highest BCUT2D eigenvalue weighted by Crippen LogP contribution is 2.29. The van der Waals surface area contributed by atoms with E-state index in [-0.39, 0.29) is 11.8 Å². The third kappa shape index (κ3) is 3.83. The Morgan fingerprint density at radius 3 is 2.70 bits per heavy atom.